The summed E-state index contributed by atoms with van der Waals surface area (Å²) in [6, 6.07) is 3.47. The number of rotatable bonds is 4. The molecule has 0 radical (unpaired) electrons. The molecular weight excluding hydrogens is 311 g/mol. The Morgan fingerprint density at radius 2 is 2.29 bits per heavy atom. The van der Waals surface area contributed by atoms with Crippen LogP contribution in [0.25, 0.3) is 0 Å². The summed E-state index contributed by atoms with van der Waals surface area (Å²) < 4.78 is 40.6. The molecule has 1 aliphatic rings. The monoisotopic (exact) mass is 328 g/mol. The maximum Gasteiger partial charge on any atom is 0.241 e. The lowest BCUT2D eigenvalue weighted by Crippen LogP contribution is -2.30. The van der Waals surface area contributed by atoms with E-state index in [9.17, 15) is 12.8 Å². The predicted octanol–water partition coefficient (Wildman–Crippen LogP) is 1.17. The van der Waals surface area contributed by atoms with E-state index in [0.717, 1.165) is 30.1 Å². The molecule has 0 bridgehead atoms. The predicted molar refractivity (Wildman–Crippen MR) is 83.0 cm³/mol. The van der Waals surface area contributed by atoms with Crippen LogP contribution in [0.4, 0.5) is 4.39 Å². The van der Waals surface area contributed by atoms with Crippen LogP contribution in [0.3, 0.4) is 0 Å². The molecule has 3 N–H and O–H groups in total. The largest absolute Gasteiger partial charge is 0.320 e. The highest BCUT2D eigenvalue weighted by molar-refractivity contribution is 7.99. The smallest absolute Gasteiger partial charge is 0.241 e. The normalized spacial score (nSPS) is 18.3. The topological polar surface area (TPSA) is 72.2 Å². The molecule has 1 atom stereocenters. The molecule has 1 aromatic carbocycles. The Labute approximate surface area is 128 Å². The molecule has 1 heterocycles. The van der Waals surface area contributed by atoms with Crippen LogP contribution >= 0.6 is 11.8 Å². The van der Waals surface area contributed by atoms with Gasteiger partial charge in [-0.3, -0.25) is 0 Å². The van der Waals surface area contributed by atoms with E-state index in [1.807, 2.05) is 11.8 Å². The van der Waals surface area contributed by atoms with E-state index in [2.05, 4.69) is 16.6 Å². The van der Waals surface area contributed by atoms with Crippen LogP contribution in [0.2, 0.25) is 0 Å². The minimum absolute atomic E-state index is 0.00417. The third-order valence-corrected chi connectivity index (χ3v) is 5.86. The lowest BCUT2D eigenvalue weighted by molar-refractivity contribution is 0.545. The van der Waals surface area contributed by atoms with Gasteiger partial charge in [0.1, 0.15) is 5.82 Å². The van der Waals surface area contributed by atoms with Crippen LogP contribution in [0, 0.1) is 23.6 Å². The standard InChI is InChI=1S/C14H17FN2O2S2/c15-13-3-4-14(12(8-13)2-1-6-16)21(18,19)17-9-11-5-7-20-10-11/h3-4,8,11,17H,5-7,9-10,16H2. The van der Waals surface area contributed by atoms with E-state index in [1.165, 1.54) is 6.07 Å². The summed E-state index contributed by atoms with van der Waals surface area (Å²) in [5.74, 6) is 7.02. The maximum atomic E-state index is 13.3. The molecule has 1 saturated heterocycles. The molecule has 0 saturated carbocycles. The minimum Gasteiger partial charge on any atom is -0.320 e. The van der Waals surface area contributed by atoms with Gasteiger partial charge >= 0.3 is 0 Å². The van der Waals surface area contributed by atoms with E-state index in [0.29, 0.717) is 12.5 Å². The zero-order valence-corrected chi connectivity index (χ0v) is 13.1. The van der Waals surface area contributed by atoms with Gasteiger partial charge in [0, 0.05) is 12.1 Å². The number of halogens is 1. The van der Waals surface area contributed by atoms with Crippen molar-refractivity contribution in [1.29, 1.82) is 0 Å². The number of hydrogen-bond acceptors (Lipinski definition) is 4. The molecule has 1 fully saturated rings. The molecule has 2 rings (SSSR count). The van der Waals surface area contributed by atoms with Gasteiger partial charge in [0.25, 0.3) is 0 Å². The number of nitrogens with two attached hydrogens (primary N) is 1. The summed E-state index contributed by atoms with van der Waals surface area (Å²) in [5.41, 5.74) is 5.41. The summed E-state index contributed by atoms with van der Waals surface area (Å²) >= 11 is 1.82. The molecule has 0 aromatic heterocycles. The number of hydrogen-bond donors (Lipinski definition) is 2. The number of thioether (sulfide) groups is 1. The second-order valence-electron chi connectivity index (χ2n) is 4.73. The van der Waals surface area contributed by atoms with Gasteiger partial charge in [0.15, 0.2) is 0 Å². The van der Waals surface area contributed by atoms with Crippen molar-refractivity contribution in [1.82, 2.24) is 4.72 Å². The van der Waals surface area contributed by atoms with Crippen molar-refractivity contribution in [2.45, 2.75) is 11.3 Å². The summed E-state index contributed by atoms with van der Waals surface area (Å²) in [6.07, 6.45) is 1.01. The molecule has 0 amide bonds. The summed E-state index contributed by atoms with van der Waals surface area (Å²) in [6.45, 7) is 0.485. The first kappa shape index (κ1) is 16.3. The van der Waals surface area contributed by atoms with E-state index >= 15 is 0 Å². The lowest BCUT2D eigenvalue weighted by Gasteiger charge is -2.12. The van der Waals surface area contributed by atoms with Crippen molar-refractivity contribution in [2.75, 3.05) is 24.6 Å². The molecular formula is C14H17FN2O2S2. The SMILES string of the molecule is NCC#Cc1cc(F)ccc1S(=O)(=O)NCC1CCSC1. The van der Waals surface area contributed by atoms with Crippen molar-refractivity contribution < 1.29 is 12.8 Å². The van der Waals surface area contributed by atoms with Crippen LogP contribution in [-0.4, -0.2) is 33.0 Å². The fraction of sp³-hybridized carbons (Fsp3) is 0.429. The molecule has 1 unspecified atom stereocenters. The van der Waals surface area contributed by atoms with Gasteiger partial charge in [-0.15, -0.1) is 0 Å². The molecule has 0 spiro atoms. The van der Waals surface area contributed by atoms with Crippen molar-refractivity contribution >= 4 is 21.8 Å². The van der Waals surface area contributed by atoms with Crippen molar-refractivity contribution in [3.05, 3.63) is 29.6 Å². The number of benzene rings is 1. The Morgan fingerprint density at radius 1 is 1.48 bits per heavy atom. The zero-order chi connectivity index (χ0) is 15.3. The van der Waals surface area contributed by atoms with Gasteiger partial charge in [-0.2, -0.15) is 11.8 Å². The highest BCUT2D eigenvalue weighted by Crippen LogP contribution is 2.23. The highest BCUT2D eigenvalue weighted by atomic mass is 32.2. The van der Waals surface area contributed by atoms with E-state index in [-0.39, 0.29) is 17.0 Å². The third kappa shape index (κ3) is 4.45. The van der Waals surface area contributed by atoms with Crippen molar-refractivity contribution in [2.24, 2.45) is 11.7 Å². The average molecular weight is 328 g/mol. The Kier molecular flexibility index (Phi) is 5.65. The summed E-state index contributed by atoms with van der Waals surface area (Å²) in [7, 11) is -3.69. The van der Waals surface area contributed by atoms with Crippen LogP contribution in [0.1, 0.15) is 12.0 Å². The second-order valence-corrected chi connectivity index (χ2v) is 7.61. The van der Waals surface area contributed by atoms with Crippen LogP contribution in [-0.2, 0) is 10.0 Å². The Balaban J connectivity index is 2.21. The Morgan fingerprint density at radius 3 is 2.95 bits per heavy atom. The third-order valence-electron chi connectivity index (χ3n) is 3.14. The van der Waals surface area contributed by atoms with Gasteiger partial charge in [-0.25, -0.2) is 17.5 Å². The molecule has 0 aliphatic carbocycles. The molecule has 7 heteroatoms. The Bertz CT molecular complexity index is 659. The van der Waals surface area contributed by atoms with Crippen molar-refractivity contribution in [3.63, 3.8) is 0 Å². The first-order valence-corrected chi connectivity index (χ1v) is 9.22. The number of nitrogens with one attached hydrogen (secondary N) is 1. The van der Waals surface area contributed by atoms with E-state index in [4.69, 9.17) is 5.73 Å². The quantitative estimate of drug-likeness (QED) is 0.814. The summed E-state index contributed by atoms with van der Waals surface area (Å²) in [4.78, 5) is -0.00417. The van der Waals surface area contributed by atoms with Gasteiger partial charge < -0.3 is 5.73 Å². The van der Waals surface area contributed by atoms with Crippen LogP contribution in [0.15, 0.2) is 23.1 Å². The zero-order valence-electron chi connectivity index (χ0n) is 11.4. The second kappa shape index (κ2) is 7.27. The first-order valence-electron chi connectivity index (χ1n) is 6.59. The highest BCUT2D eigenvalue weighted by Gasteiger charge is 2.22. The molecule has 1 aliphatic heterocycles. The van der Waals surface area contributed by atoms with Crippen LogP contribution < -0.4 is 10.5 Å². The van der Waals surface area contributed by atoms with E-state index < -0.39 is 15.8 Å². The molecule has 21 heavy (non-hydrogen) atoms. The van der Waals surface area contributed by atoms with Crippen molar-refractivity contribution in [3.8, 4) is 11.8 Å². The van der Waals surface area contributed by atoms with Crippen LogP contribution in [0.5, 0.6) is 0 Å². The average Bonchev–Trinajstić information content (AvgIpc) is 2.96. The summed E-state index contributed by atoms with van der Waals surface area (Å²) in [5, 5.41) is 0. The Hall–Kier alpha value is -1.07. The molecule has 114 valence electrons. The number of sulfonamides is 1. The van der Waals surface area contributed by atoms with Gasteiger partial charge in [-0.05, 0) is 42.0 Å². The fourth-order valence-electron chi connectivity index (χ4n) is 2.03. The lowest BCUT2D eigenvalue weighted by atomic mass is 10.1. The van der Waals surface area contributed by atoms with Gasteiger partial charge in [-0.1, -0.05) is 11.8 Å². The fourth-order valence-corrected chi connectivity index (χ4v) is 4.57. The van der Waals surface area contributed by atoms with Gasteiger partial charge in [0.2, 0.25) is 10.0 Å². The molecule has 4 nitrogen and oxygen atoms in total. The maximum absolute atomic E-state index is 13.3. The minimum atomic E-state index is -3.69. The first-order chi connectivity index (χ1) is 10.0. The molecule has 1 aromatic rings. The van der Waals surface area contributed by atoms with E-state index in [1.54, 1.807) is 0 Å². The van der Waals surface area contributed by atoms with Gasteiger partial charge in [0.05, 0.1) is 11.4 Å².